The van der Waals surface area contributed by atoms with Crippen LogP contribution in [0.25, 0.3) is 0 Å². The minimum atomic E-state index is -0.500. The van der Waals surface area contributed by atoms with Gasteiger partial charge in [-0.1, -0.05) is 11.8 Å². The second kappa shape index (κ2) is 8.58. The highest BCUT2D eigenvalue weighted by atomic mass is 32.2. The molecule has 0 radical (unpaired) electrons. The standard InChI is InChI=1S/C17H17N3O6S/c1-24-16(23)8-11-7-14(21)20-17(19-11)27-9-15(22)18-10-2-3-12-13(6-10)26-5-4-25-12/h2-3,6-7H,4-5,8-9H2,1H3,(H,18,22)(H,19,20,21). The number of nitrogens with zero attached hydrogens (tertiary/aromatic N) is 1. The number of fused-ring (bicyclic) bond motifs is 1. The summed E-state index contributed by atoms with van der Waals surface area (Å²) in [5.41, 5.74) is 0.449. The molecule has 1 amide bonds. The van der Waals surface area contributed by atoms with Crippen LogP contribution in [0.3, 0.4) is 0 Å². The Hall–Kier alpha value is -3.01. The van der Waals surface area contributed by atoms with Crippen LogP contribution >= 0.6 is 11.8 Å². The summed E-state index contributed by atoms with van der Waals surface area (Å²) in [6, 6.07) is 6.35. The predicted molar refractivity (Wildman–Crippen MR) is 97.4 cm³/mol. The summed E-state index contributed by atoms with van der Waals surface area (Å²) in [4.78, 5) is 41.8. The molecule has 9 nitrogen and oxygen atoms in total. The van der Waals surface area contributed by atoms with Gasteiger partial charge in [-0.05, 0) is 12.1 Å². The first-order chi connectivity index (χ1) is 13.0. The second-order valence-corrected chi connectivity index (χ2v) is 6.45. The lowest BCUT2D eigenvalue weighted by Crippen LogP contribution is -2.18. The zero-order chi connectivity index (χ0) is 19.2. The van der Waals surface area contributed by atoms with Gasteiger partial charge < -0.3 is 24.5 Å². The molecule has 0 saturated carbocycles. The molecule has 2 N–H and O–H groups in total. The van der Waals surface area contributed by atoms with Crippen LogP contribution in [0.1, 0.15) is 5.69 Å². The van der Waals surface area contributed by atoms with E-state index in [1.165, 1.54) is 13.2 Å². The fourth-order valence-corrected chi connectivity index (χ4v) is 3.01. The highest BCUT2D eigenvalue weighted by molar-refractivity contribution is 7.99. The number of thioether (sulfide) groups is 1. The molecular weight excluding hydrogens is 374 g/mol. The number of rotatable bonds is 6. The van der Waals surface area contributed by atoms with E-state index in [-0.39, 0.29) is 28.9 Å². The zero-order valence-electron chi connectivity index (χ0n) is 14.4. The number of aromatic amines is 1. The summed E-state index contributed by atoms with van der Waals surface area (Å²) in [7, 11) is 1.26. The highest BCUT2D eigenvalue weighted by Gasteiger charge is 2.13. The fraction of sp³-hybridized carbons (Fsp3) is 0.294. The van der Waals surface area contributed by atoms with Crippen molar-refractivity contribution in [3.63, 3.8) is 0 Å². The van der Waals surface area contributed by atoms with Gasteiger partial charge >= 0.3 is 5.97 Å². The quantitative estimate of drug-likeness (QED) is 0.425. The van der Waals surface area contributed by atoms with E-state index in [0.717, 1.165) is 11.8 Å². The molecule has 0 bridgehead atoms. The van der Waals surface area contributed by atoms with Crippen LogP contribution in [0.15, 0.2) is 34.2 Å². The summed E-state index contributed by atoms with van der Waals surface area (Å²) in [5, 5.41) is 2.99. The number of methoxy groups -OCH3 is 1. The minimum absolute atomic E-state index is 0.0268. The second-order valence-electron chi connectivity index (χ2n) is 5.49. The summed E-state index contributed by atoms with van der Waals surface area (Å²) in [5.74, 6) is 0.461. The Bertz CT molecular complexity index is 914. The number of H-pyrrole nitrogens is 1. The number of carbonyl (C=O) groups excluding carboxylic acids is 2. The van der Waals surface area contributed by atoms with Crippen LogP contribution in [0.4, 0.5) is 5.69 Å². The molecule has 0 atom stereocenters. The summed E-state index contributed by atoms with van der Waals surface area (Å²) < 4.78 is 15.5. The maximum atomic E-state index is 12.1. The molecule has 0 spiro atoms. The Balaban J connectivity index is 1.59. The molecule has 1 aromatic heterocycles. The topological polar surface area (TPSA) is 120 Å². The molecular formula is C17H17N3O6S. The molecule has 1 aliphatic rings. The number of amides is 1. The third-order valence-corrected chi connectivity index (χ3v) is 4.37. The third-order valence-electron chi connectivity index (χ3n) is 3.49. The van der Waals surface area contributed by atoms with E-state index in [1.54, 1.807) is 18.2 Å². The predicted octanol–water partition coefficient (Wildman–Crippen LogP) is 0.987. The fourth-order valence-electron chi connectivity index (χ4n) is 2.31. The Kier molecular flexibility index (Phi) is 5.97. The number of nitrogens with one attached hydrogen (secondary N) is 2. The van der Waals surface area contributed by atoms with Crippen LogP contribution in [-0.4, -0.2) is 47.9 Å². The Morgan fingerprint density at radius 1 is 1.26 bits per heavy atom. The van der Waals surface area contributed by atoms with Crippen LogP contribution in [0, 0.1) is 0 Å². The largest absolute Gasteiger partial charge is 0.486 e. The molecule has 0 fully saturated rings. The van der Waals surface area contributed by atoms with Crippen molar-refractivity contribution in [3.8, 4) is 11.5 Å². The van der Waals surface area contributed by atoms with Crippen LogP contribution in [0.5, 0.6) is 11.5 Å². The molecule has 1 aromatic carbocycles. The Morgan fingerprint density at radius 3 is 2.81 bits per heavy atom. The van der Waals surface area contributed by atoms with E-state index in [1.807, 2.05) is 0 Å². The van der Waals surface area contributed by atoms with Crippen molar-refractivity contribution >= 4 is 29.3 Å². The zero-order valence-corrected chi connectivity index (χ0v) is 15.3. The maximum absolute atomic E-state index is 12.1. The average Bonchev–Trinajstić information content (AvgIpc) is 2.66. The van der Waals surface area contributed by atoms with Gasteiger partial charge in [0.1, 0.15) is 13.2 Å². The van der Waals surface area contributed by atoms with E-state index >= 15 is 0 Å². The molecule has 3 rings (SSSR count). The monoisotopic (exact) mass is 391 g/mol. The summed E-state index contributed by atoms with van der Waals surface area (Å²) in [6.07, 6.45) is -0.114. The molecule has 10 heteroatoms. The van der Waals surface area contributed by atoms with Crippen LogP contribution in [-0.2, 0) is 20.7 Å². The normalized spacial score (nSPS) is 12.3. The number of hydrogen-bond acceptors (Lipinski definition) is 8. The van der Waals surface area contributed by atoms with Gasteiger partial charge in [-0.15, -0.1) is 0 Å². The summed E-state index contributed by atoms with van der Waals surface area (Å²) >= 11 is 1.05. The van der Waals surface area contributed by atoms with E-state index in [4.69, 9.17) is 9.47 Å². The van der Waals surface area contributed by atoms with E-state index < -0.39 is 11.5 Å². The van der Waals surface area contributed by atoms with E-state index in [2.05, 4.69) is 20.0 Å². The smallest absolute Gasteiger partial charge is 0.311 e. The number of hydrogen-bond donors (Lipinski definition) is 2. The van der Waals surface area contributed by atoms with Gasteiger partial charge in [-0.25, -0.2) is 4.98 Å². The first-order valence-electron chi connectivity index (χ1n) is 8.03. The molecule has 2 heterocycles. The number of benzene rings is 1. The third kappa shape index (κ3) is 5.23. The maximum Gasteiger partial charge on any atom is 0.311 e. The van der Waals surface area contributed by atoms with Crippen LogP contribution < -0.4 is 20.3 Å². The lowest BCUT2D eigenvalue weighted by Gasteiger charge is -2.18. The van der Waals surface area contributed by atoms with Crippen molar-refractivity contribution in [2.75, 3.05) is 31.4 Å². The van der Waals surface area contributed by atoms with E-state index in [0.29, 0.717) is 30.4 Å². The van der Waals surface area contributed by atoms with Gasteiger partial charge in [0.05, 0.1) is 25.0 Å². The minimum Gasteiger partial charge on any atom is -0.486 e. The van der Waals surface area contributed by atoms with Crippen LogP contribution in [0.2, 0.25) is 0 Å². The van der Waals surface area contributed by atoms with Gasteiger partial charge in [0.25, 0.3) is 5.56 Å². The lowest BCUT2D eigenvalue weighted by atomic mass is 10.2. The van der Waals surface area contributed by atoms with Crippen molar-refractivity contribution in [3.05, 3.63) is 40.3 Å². The number of aromatic nitrogens is 2. The molecule has 2 aromatic rings. The molecule has 142 valence electrons. The van der Waals surface area contributed by atoms with Crippen molar-refractivity contribution in [1.82, 2.24) is 9.97 Å². The average molecular weight is 391 g/mol. The van der Waals surface area contributed by atoms with Crippen molar-refractivity contribution in [2.24, 2.45) is 0 Å². The summed E-state index contributed by atoms with van der Waals surface area (Å²) in [6.45, 7) is 0.955. The number of anilines is 1. The SMILES string of the molecule is COC(=O)Cc1cc(=O)[nH]c(SCC(=O)Nc2ccc3c(c2)OCCO3)n1. The van der Waals surface area contributed by atoms with Gasteiger partial charge in [-0.3, -0.25) is 14.4 Å². The Labute approximate surface area is 158 Å². The lowest BCUT2D eigenvalue weighted by molar-refractivity contribution is -0.139. The van der Waals surface area contributed by atoms with Gasteiger partial charge in [0.2, 0.25) is 5.91 Å². The molecule has 0 saturated heterocycles. The molecule has 0 aliphatic carbocycles. The Morgan fingerprint density at radius 2 is 2.04 bits per heavy atom. The van der Waals surface area contributed by atoms with Gasteiger partial charge in [-0.2, -0.15) is 0 Å². The number of esters is 1. The highest BCUT2D eigenvalue weighted by Crippen LogP contribution is 2.32. The first kappa shape index (κ1) is 18.8. The van der Waals surface area contributed by atoms with Crippen molar-refractivity contribution in [1.29, 1.82) is 0 Å². The molecule has 0 unspecified atom stereocenters. The number of ether oxygens (including phenoxy) is 3. The first-order valence-corrected chi connectivity index (χ1v) is 9.01. The van der Waals surface area contributed by atoms with Crippen molar-refractivity contribution in [2.45, 2.75) is 11.6 Å². The molecule has 1 aliphatic heterocycles. The van der Waals surface area contributed by atoms with Gasteiger partial charge in [0.15, 0.2) is 16.7 Å². The number of carbonyl (C=O) groups is 2. The van der Waals surface area contributed by atoms with E-state index in [9.17, 15) is 14.4 Å². The van der Waals surface area contributed by atoms with Crippen molar-refractivity contribution < 1.29 is 23.8 Å². The molecule has 27 heavy (non-hydrogen) atoms. The van der Waals surface area contributed by atoms with Gasteiger partial charge in [0, 0.05) is 17.8 Å².